The van der Waals surface area contributed by atoms with E-state index in [1.807, 2.05) is 39.3 Å². The zero-order chi connectivity index (χ0) is 15.1. The second-order valence-corrected chi connectivity index (χ2v) is 6.35. The lowest BCUT2D eigenvalue weighted by Gasteiger charge is -2.24. The Balaban J connectivity index is 2.09. The standard InChI is InChI=1S/C14H23N3O3/c1-9-15-6-11(16(9)5)10-7-17(8-12(10)18)13(19)20-14(2,3)4/h6,10,12,18H,7-8H2,1-5H3. The van der Waals surface area contributed by atoms with E-state index in [9.17, 15) is 9.90 Å². The Morgan fingerprint density at radius 2 is 2.10 bits per heavy atom. The molecule has 2 heterocycles. The van der Waals surface area contributed by atoms with Crippen molar-refractivity contribution in [2.45, 2.75) is 45.3 Å². The van der Waals surface area contributed by atoms with Gasteiger partial charge in [-0.25, -0.2) is 9.78 Å². The Kier molecular flexibility index (Phi) is 3.77. The Labute approximate surface area is 119 Å². The minimum absolute atomic E-state index is 0.117. The summed E-state index contributed by atoms with van der Waals surface area (Å²) in [5.41, 5.74) is 0.421. The summed E-state index contributed by atoms with van der Waals surface area (Å²) in [6, 6.07) is 0. The molecule has 0 spiro atoms. The third kappa shape index (κ3) is 2.95. The van der Waals surface area contributed by atoms with Gasteiger partial charge in [0.25, 0.3) is 0 Å². The number of hydrogen-bond acceptors (Lipinski definition) is 4. The van der Waals surface area contributed by atoms with Crippen molar-refractivity contribution in [2.75, 3.05) is 13.1 Å². The highest BCUT2D eigenvalue weighted by atomic mass is 16.6. The lowest BCUT2D eigenvalue weighted by molar-refractivity contribution is 0.0270. The molecule has 2 atom stereocenters. The molecule has 0 bridgehead atoms. The van der Waals surface area contributed by atoms with Gasteiger partial charge in [0.05, 0.1) is 12.6 Å². The van der Waals surface area contributed by atoms with Gasteiger partial charge < -0.3 is 19.3 Å². The minimum atomic E-state index is -0.586. The quantitative estimate of drug-likeness (QED) is 0.845. The van der Waals surface area contributed by atoms with Crippen LogP contribution in [-0.2, 0) is 11.8 Å². The summed E-state index contributed by atoms with van der Waals surface area (Å²) in [4.78, 5) is 17.8. The monoisotopic (exact) mass is 281 g/mol. The molecule has 0 radical (unpaired) electrons. The van der Waals surface area contributed by atoms with Crippen molar-refractivity contribution in [3.8, 4) is 0 Å². The number of amides is 1. The average Bonchev–Trinajstić information content (AvgIpc) is 2.82. The number of aryl methyl sites for hydroxylation is 1. The molecular weight excluding hydrogens is 258 g/mol. The Morgan fingerprint density at radius 3 is 2.60 bits per heavy atom. The molecule has 1 aromatic heterocycles. The van der Waals surface area contributed by atoms with E-state index in [0.717, 1.165) is 11.5 Å². The lowest BCUT2D eigenvalue weighted by atomic mass is 10.0. The van der Waals surface area contributed by atoms with E-state index in [1.54, 1.807) is 11.1 Å². The highest BCUT2D eigenvalue weighted by Crippen LogP contribution is 2.28. The number of aromatic nitrogens is 2. The van der Waals surface area contributed by atoms with E-state index in [1.165, 1.54) is 0 Å². The molecule has 1 aliphatic rings. The number of nitrogens with zero attached hydrogens (tertiary/aromatic N) is 3. The summed E-state index contributed by atoms with van der Waals surface area (Å²) < 4.78 is 7.29. The second kappa shape index (κ2) is 5.09. The zero-order valence-electron chi connectivity index (χ0n) is 12.8. The van der Waals surface area contributed by atoms with Crippen LogP contribution < -0.4 is 0 Å². The number of ether oxygens (including phenoxy) is 1. The first kappa shape index (κ1) is 14.8. The van der Waals surface area contributed by atoms with Gasteiger partial charge in [-0.05, 0) is 27.7 Å². The van der Waals surface area contributed by atoms with Crippen LogP contribution in [0.1, 0.15) is 38.2 Å². The van der Waals surface area contributed by atoms with E-state index >= 15 is 0 Å². The summed E-state index contributed by atoms with van der Waals surface area (Å²) in [7, 11) is 1.92. The largest absolute Gasteiger partial charge is 0.444 e. The maximum Gasteiger partial charge on any atom is 0.410 e. The molecule has 6 heteroatoms. The number of likely N-dealkylation sites (tertiary alicyclic amines) is 1. The predicted molar refractivity (Wildman–Crippen MR) is 74.5 cm³/mol. The van der Waals surface area contributed by atoms with Crippen LogP contribution in [0.25, 0.3) is 0 Å². The van der Waals surface area contributed by atoms with Crippen molar-refractivity contribution in [2.24, 2.45) is 7.05 Å². The molecule has 1 saturated heterocycles. The van der Waals surface area contributed by atoms with Crippen molar-refractivity contribution in [1.29, 1.82) is 0 Å². The van der Waals surface area contributed by atoms with Crippen LogP contribution in [0.3, 0.4) is 0 Å². The van der Waals surface area contributed by atoms with E-state index in [2.05, 4.69) is 4.98 Å². The third-order valence-electron chi connectivity index (χ3n) is 3.58. The van der Waals surface area contributed by atoms with E-state index < -0.39 is 11.7 Å². The van der Waals surface area contributed by atoms with E-state index in [-0.39, 0.29) is 12.0 Å². The van der Waals surface area contributed by atoms with Crippen molar-refractivity contribution < 1.29 is 14.6 Å². The Bertz CT molecular complexity index is 504. The third-order valence-corrected chi connectivity index (χ3v) is 3.58. The maximum absolute atomic E-state index is 12.0. The average molecular weight is 281 g/mol. The molecule has 1 N–H and O–H groups in total. The predicted octanol–water partition coefficient (Wildman–Crippen LogP) is 1.42. The fourth-order valence-corrected chi connectivity index (χ4v) is 2.42. The first-order valence-corrected chi connectivity index (χ1v) is 6.83. The van der Waals surface area contributed by atoms with Gasteiger partial charge in [0.1, 0.15) is 11.4 Å². The number of aliphatic hydroxyl groups is 1. The number of rotatable bonds is 1. The van der Waals surface area contributed by atoms with E-state index in [0.29, 0.717) is 13.1 Å². The van der Waals surface area contributed by atoms with Gasteiger partial charge in [0, 0.05) is 31.4 Å². The number of carbonyl (C=O) groups is 1. The molecule has 1 amide bonds. The fourth-order valence-electron chi connectivity index (χ4n) is 2.42. The normalized spacial score (nSPS) is 23.2. The van der Waals surface area contributed by atoms with E-state index in [4.69, 9.17) is 4.74 Å². The van der Waals surface area contributed by atoms with Gasteiger partial charge in [0.2, 0.25) is 0 Å². The molecule has 112 valence electrons. The fraction of sp³-hybridized carbons (Fsp3) is 0.714. The maximum atomic E-state index is 12.0. The second-order valence-electron chi connectivity index (χ2n) is 6.35. The van der Waals surface area contributed by atoms with Crippen molar-refractivity contribution in [1.82, 2.24) is 14.5 Å². The van der Waals surface area contributed by atoms with Crippen LogP contribution >= 0.6 is 0 Å². The van der Waals surface area contributed by atoms with Crippen LogP contribution in [0.2, 0.25) is 0 Å². The van der Waals surface area contributed by atoms with Gasteiger partial charge in [0.15, 0.2) is 0 Å². The highest BCUT2D eigenvalue weighted by molar-refractivity contribution is 5.68. The molecule has 0 saturated carbocycles. The first-order valence-electron chi connectivity index (χ1n) is 6.83. The van der Waals surface area contributed by atoms with Gasteiger partial charge in [-0.3, -0.25) is 0 Å². The molecule has 1 aliphatic heterocycles. The molecule has 2 rings (SSSR count). The molecule has 1 fully saturated rings. The van der Waals surface area contributed by atoms with Crippen molar-refractivity contribution >= 4 is 6.09 Å². The SMILES string of the molecule is Cc1ncc(C2CN(C(=O)OC(C)(C)C)CC2O)n1C. The molecule has 0 aromatic carbocycles. The topological polar surface area (TPSA) is 67.6 Å². The number of aliphatic hydroxyl groups excluding tert-OH is 1. The zero-order valence-corrected chi connectivity index (χ0v) is 12.8. The van der Waals surface area contributed by atoms with Crippen LogP contribution in [0.4, 0.5) is 4.79 Å². The van der Waals surface area contributed by atoms with Gasteiger partial charge in [-0.15, -0.1) is 0 Å². The minimum Gasteiger partial charge on any atom is -0.444 e. The first-order chi connectivity index (χ1) is 9.19. The van der Waals surface area contributed by atoms with Crippen LogP contribution in [0.5, 0.6) is 0 Å². The molecule has 6 nitrogen and oxygen atoms in total. The molecular formula is C14H23N3O3. The van der Waals surface area contributed by atoms with Gasteiger partial charge in [-0.2, -0.15) is 0 Å². The van der Waals surface area contributed by atoms with Crippen LogP contribution in [0.15, 0.2) is 6.20 Å². The number of imidazole rings is 1. The Morgan fingerprint density at radius 1 is 1.45 bits per heavy atom. The summed E-state index contributed by atoms with van der Waals surface area (Å²) >= 11 is 0. The summed E-state index contributed by atoms with van der Waals surface area (Å²) in [6.45, 7) is 8.16. The van der Waals surface area contributed by atoms with Gasteiger partial charge >= 0.3 is 6.09 Å². The number of carbonyl (C=O) groups excluding carboxylic acids is 1. The van der Waals surface area contributed by atoms with Crippen molar-refractivity contribution in [3.05, 3.63) is 17.7 Å². The highest BCUT2D eigenvalue weighted by Gasteiger charge is 2.38. The molecule has 0 aliphatic carbocycles. The summed E-state index contributed by atoms with van der Waals surface area (Å²) in [5, 5.41) is 10.2. The smallest absolute Gasteiger partial charge is 0.410 e. The van der Waals surface area contributed by atoms with Gasteiger partial charge in [-0.1, -0.05) is 0 Å². The number of hydrogen-bond donors (Lipinski definition) is 1. The molecule has 20 heavy (non-hydrogen) atoms. The van der Waals surface area contributed by atoms with Crippen LogP contribution in [0, 0.1) is 6.92 Å². The number of β-amino-alcohol motifs (C(OH)–C–C–N with tert-alkyl or cyclic N) is 1. The summed E-state index contributed by atoms with van der Waals surface area (Å²) in [5.74, 6) is 0.775. The summed E-state index contributed by atoms with van der Waals surface area (Å²) in [6.07, 6.45) is 0.803. The van der Waals surface area contributed by atoms with Crippen LogP contribution in [-0.4, -0.2) is 50.4 Å². The lowest BCUT2D eigenvalue weighted by Crippen LogP contribution is -2.35. The van der Waals surface area contributed by atoms with Crippen molar-refractivity contribution in [3.63, 3.8) is 0 Å². The Hall–Kier alpha value is -1.56. The molecule has 1 aromatic rings. The molecule has 2 unspecified atom stereocenters.